The molecule has 0 aromatic heterocycles. The number of primary amides is 1. The number of amides is 1. The molecule has 4 nitrogen and oxygen atoms in total. The van der Waals surface area contributed by atoms with Crippen molar-refractivity contribution in [3.8, 4) is 5.75 Å². The summed E-state index contributed by atoms with van der Waals surface area (Å²) in [6, 6.07) is 8.07. The number of benzene rings is 1. The van der Waals surface area contributed by atoms with Crippen LogP contribution in [0.15, 0.2) is 29.2 Å². The van der Waals surface area contributed by atoms with Gasteiger partial charge in [0.25, 0.3) is 0 Å². The number of unbranched alkanes of at least 4 members (excludes halogenated alkanes) is 1. The Morgan fingerprint density at radius 2 is 2.00 bits per heavy atom. The molecule has 3 N–H and O–H groups in total. The fourth-order valence-corrected chi connectivity index (χ4v) is 3.04. The van der Waals surface area contributed by atoms with E-state index in [0.717, 1.165) is 37.3 Å². The van der Waals surface area contributed by atoms with E-state index in [1.165, 1.54) is 4.90 Å². The number of ether oxygens (including phenoxy) is 1. The van der Waals surface area contributed by atoms with Crippen molar-refractivity contribution in [3.63, 3.8) is 0 Å². The highest BCUT2D eigenvalue weighted by Gasteiger charge is 2.28. The Hall–Kier alpha value is -1.20. The third-order valence-corrected chi connectivity index (χ3v) is 4.61. The van der Waals surface area contributed by atoms with E-state index in [-0.39, 0.29) is 5.91 Å². The number of rotatable bonds is 10. The predicted octanol–water partition coefficient (Wildman–Crippen LogP) is 2.81. The Bertz CT molecular complexity index is 436. The molecule has 0 aliphatic carbocycles. The molecule has 118 valence electrons. The monoisotopic (exact) mass is 310 g/mol. The zero-order chi connectivity index (χ0) is 15.7. The van der Waals surface area contributed by atoms with Crippen LogP contribution in [0, 0.1) is 0 Å². The van der Waals surface area contributed by atoms with Crippen molar-refractivity contribution in [3.05, 3.63) is 24.3 Å². The molecule has 0 bridgehead atoms. The van der Waals surface area contributed by atoms with E-state index in [1.54, 1.807) is 7.11 Å². The van der Waals surface area contributed by atoms with Crippen molar-refractivity contribution in [2.24, 2.45) is 5.73 Å². The second-order valence-corrected chi connectivity index (χ2v) is 6.38. The molecule has 21 heavy (non-hydrogen) atoms. The van der Waals surface area contributed by atoms with E-state index in [4.69, 9.17) is 10.5 Å². The van der Waals surface area contributed by atoms with Crippen LogP contribution < -0.4 is 15.8 Å². The summed E-state index contributed by atoms with van der Waals surface area (Å²) in [5, 5.41) is 3.18. The highest BCUT2D eigenvalue weighted by atomic mass is 32.2. The zero-order valence-corrected chi connectivity index (χ0v) is 14.0. The molecule has 0 aliphatic rings. The Morgan fingerprint density at radius 3 is 2.52 bits per heavy atom. The van der Waals surface area contributed by atoms with Gasteiger partial charge in [0, 0.05) is 4.90 Å². The largest absolute Gasteiger partial charge is 0.497 e. The van der Waals surface area contributed by atoms with Gasteiger partial charge < -0.3 is 15.8 Å². The van der Waals surface area contributed by atoms with Gasteiger partial charge in [-0.05, 0) is 56.3 Å². The molecule has 0 saturated heterocycles. The first kappa shape index (κ1) is 17.9. The van der Waals surface area contributed by atoms with Crippen LogP contribution in [0.4, 0.5) is 0 Å². The molecular weight excluding hydrogens is 284 g/mol. The van der Waals surface area contributed by atoms with Crippen LogP contribution in [-0.4, -0.2) is 30.9 Å². The van der Waals surface area contributed by atoms with Gasteiger partial charge in [0.05, 0.1) is 12.6 Å². The van der Waals surface area contributed by atoms with Gasteiger partial charge in [0.2, 0.25) is 5.91 Å². The minimum absolute atomic E-state index is 0.271. The highest BCUT2D eigenvalue weighted by molar-refractivity contribution is 7.99. The average molecular weight is 310 g/mol. The summed E-state index contributed by atoms with van der Waals surface area (Å²) in [7, 11) is 1.67. The minimum Gasteiger partial charge on any atom is -0.497 e. The van der Waals surface area contributed by atoms with Crippen molar-refractivity contribution in [1.82, 2.24) is 5.32 Å². The average Bonchev–Trinajstić information content (AvgIpc) is 2.47. The van der Waals surface area contributed by atoms with E-state index >= 15 is 0 Å². The van der Waals surface area contributed by atoms with Crippen molar-refractivity contribution in [1.29, 1.82) is 0 Å². The number of thioether (sulfide) groups is 1. The lowest BCUT2D eigenvalue weighted by atomic mass is 9.94. The van der Waals surface area contributed by atoms with Gasteiger partial charge in [-0.15, -0.1) is 11.8 Å². The summed E-state index contributed by atoms with van der Waals surface area (Å²) in [5.41, 5.74) is 4.89. The van der Waals surface area contributed by atoms with E-state index in [0.29, 0.717) is 0 Å². The van der Waals surface area contributed by atoms with Gasteiger partial charge in [-0.2, -0.15) is 0 Å². The second kappa shape index (κ2) is 8.95. The van der Waals surface area contributed by atoms with Crippen LogP contribution in [0.5, 0.6) is 5.75 Å². The lowest BCUT2D eigenvalue weighted by molar-refractivity contribution is -0.124. The number of nitrogens with one attached hydrogen (secondary N) is 1. The second-order valence-electron chi connectivity index (χ2n) is 5.21. The molecule has 0 radical (unpaired) electrons. The number of likely N-dealkylation sites (N-methyl/N-ethyl adjacent to an activating group) is 1. The third kappa shape index (κ3) is 5.98. The zero-order valence-electron chi connectivity index (χ0n) is 13.1. The Kier molecular flexibility index (Phi) is 7.61. The van der Waals surface area contributed by atoms with E-state index in [1.807, 2.05) is 37.7 Å². The number of carbonyl (C=O) groups is 1. The molecule has 0 aliphatic heterocycles. The van der Waals surface area contributed by atoms with Crippen molar-refractivity contribution >= 4 is 17.7 Å². The maximum atomic E-state index is 11.5. The topological polar surface area (TPSA) is 64.3 Å². The van der Waals surface area contributed by atoms with Gasteiger partial charge in [-0.1, -0.05) is 13.3 Å². The lowest BCUT2D eigenvalue weighted by Crippen LogP contribution is -2.52. The summed E-state index contributed by atoms with van der Waals surface area (Å²) >= 11 is 1.82. The molecule has 1 rings (SSSR count). The van der Waals surface area contributed by atoms with Crippen LogP contribution in [0.2, 0.25) is 0 Å². The van der Waals surface area contributed by atoms with Crippen LogP contribution in [0.25, 0.3) is 0 Å². The Balaban J connectivity index is 2.28. The number of hydrogen-bond donors (Lipinski definition) is 2. The Morgan fingerprint density at radius 1 is 1.33 bits per heavy atom. The van der Waals surface area contributed by atoms with Crippen molar-refractivity contribution < 1.29 is 9.53 Å². The molecule has 0 spiro atoms. The van der Waals surface area contributed by atoms with Crippen molar-refractivity contribution in [2.75, 3.05) is 19.4 Å². The number of carbonyl (C=O) groups excluding carboxylic acids is 1. The Labute approximate surface area is 131 Å². The smallest absolute Gasteiger partial charge is 0.237 e. The number of nitrogens with two attached hydrogens (primary N) is 1. The maximum absolute atomic E-state index is 11.5. The SMILES string of the molecule is CCNC(C)(CCCCSc1ccc(OC)cc1)C(N)=O. The van der Waals surface area contributed by atoms with Gasteiger partial charge >= 0.3 is 0 Å². The fourth-order valence-electron chi connectivity index (χ4n) is 2.13. The summed E-state index contributed by atoms with van der Waals surface area (Å²) in [6.07, 6.45) is 2.82. The third-order valence-electron chi connectivity index (χ3n) is 3.51. The minimum atomic E-state index is -0.584. The first-order chi connectivity index (χ1) is 10.0. The van der Waals surface area contributed by atoms with Crippen LogP contribution >= 0.6 is 11.8 Å². The molecule has 5 heteroatoms. The molecule has 1 unspecified atom stereocenters. The molecule has 0 heterocycles. The first-order valence-electron chi connectivity index (χ1n) is 7.33. The van der Waals surface area contributed by atoms with Gasteiger partial charge in [0.1, 0.15) is 5.75 Å². The molecule has 1 aromatic carbocycles. The molecule has 1 amide bonds. The number of hydrogen-bond acceptors (Lipinski definition) is 4. The summed E-state index contributed by atoms with van der Waals surface area (Å²) < 4.78 is 5.14. The predicted molar refractivity (Wildman–Crippen MR) is 88.8 cm³/mol. The normalized spacial score (nSPS) is 13.7. The maximum Gasteiger partial charge on any atom is 0.237 e. The standard InChI is InChI=1S/C16H26N2O2S/c1-4-18-16(2,15(17)19)11-5-6-12-21-14-9-7-13(20-3)8-10-14/h7-10,18H,4-6,11-12H2,1-3H3,(H2,17,19). The van der Waals surface area contributed by atoms with Gasteiger partial charge in [-0.3, -0.25) is 4.79 Å². The quantitative estimate of drug-likeness (QED) is 0.515. The first-order valence-corrected chi connectivity index (χ1v) is 8.32. The van der Waals surface area contributed by atoms with E-state index in [2.05, 4.69) is 17.4 Å². The summed E-state index contributed by atoms with van der Waals surface area (Å²) in [5.74, 6) is 1.64. The molecule has 1 atom stereocenters. The van der Waals surface area contributed by atoms with Crippen LogP contribution in [-0.2, 0) is 4.79 Å². The summed E-state index contributed by atoms with van der Waals surface area (Å²) in [6.45, 7) is 4.62. The fraction of sp³-hybridized carbons (Fsp3) is 0.562. The van der Waals surface area contributed by atoms with Crippen LogP contribution in [0.1, 0.15) is 33.1 Å². The molecular formula is C16H26N2O2S. The van der Waals surface area contributed by atoms with Gasteiger partial charge in [0.15, 0.2) is 0 Å². The van der Waals surface area contributed by atoms with Crippen molar-refractivity contribution in [2.45, 2.75) is 43.5 Å². The highest BCUT2D eigenvalue weighted by Crippen LogP contribution is 2.23. The lowest BCUT2D eigenvalue weighted by Gasteiger charge is -2.26. The summed E-state index contributed by atoms with van der Waals surface area (Å²) in [4.78, 5) is 12.7. The molecule has 0 fully saturated rings. The van der Waals surface area contributed by atoms with E-state index in [9.17, 15) is 4.79 Å². The number of methoxy groups -OCH3 is 1. The molecule has 0 saturated carbocycles. The van der Waals surface area contributed by atoms with Gasteiger partial charge in [-0.25, -0.2) is 0 Å². The molecule has 1 aromatic rings. The van der Waals surface area contributed by atoms with E-state index < -0.39 is 5.54 Å². The van der Waals surface area contributed by atoms with Crippen LogP contribution in [0.3, 0.4) is 0 Å².